The standard InChI is InChI=1S/C22H36N6O2.HI/c1-7-17(3)30-20-13-16(2)9-10-19(20)14-24-22(23-11-8-12-29-6)25-15-21-27-26-18(4)28(21)5;/h9-10,13,17H,7-8,11-12,14-15H2,1-6H3,(H2,23,24,25);1H. The van der Waals surface area contributed by atoms with E-state index in [4.69, 9.17) is 14.5 Å². The second-order valence-corrected chi connectivity index (χ2v) is 7.46. The Morgan fingerprint density at radius 2 is 2.00 bits per heavy atom. The molecule has 8 nitrogen and oxygen atoms in total. The molecule has 9 heteroatoms. The molecule has 174 valence electrons. The summed E-state index contributed by atoms with van der Waals surface area (Å²) < 4.78 is 13.2. The molecule has 1 unspecified atom stereocenters. The van der Waals surface area contributed by atoms with E-state index in [2.05, 4.69) is 59.8 Å². The third-order valence-electron chi connectivity index (χ3n) is 4.95. The first kappa shape index (κ1) is 27.2. The van der Waals surface area contributed by atoms with E-state index in [0.29, 0.717) is 19.7 Å². The second-order valence-electron chi connectivity index (χ2n) is 7.46. The summed E-state index contributed by atoms with van der Waals surface area (Å²) in [6.45, 7) is 10.7. The van der Waals surface area contributed by atoms with Gasteiger partial charge in [-0.15, -0.1) is 34.2 Å². The fourth-order valence-electron chi connectivity index (χ4n) is 2.73. The van der Waals surface area contributed by atoms with E-state index < -0.39 is 0 Å². The van der Waals surface area contributed by atoms with Gasteiger partial charge in [-0.05, 0) is 45.2 Å². The molecule has 2 aromatic rings. The first-order valence-electron chi connectivity index (χ1n) is 10.6. The van der Waals surface area contributed by atoms with Crippen molar-refractivity contribution in [2.45, 2.75) is 59.7 Å². The molecule has 0 aliphatic carbocycles. The summed E-state index contributed by atoms with van der Waals surface area (Å²) in [5.74, 6) is 3.36. The van der Waals surface area contributed by atoms with Gasteiger partial charge < -0.3 is 24.7 Å². The number of hydrogen-bond donors (Lipinski definition) is 2. The molecule has 31 heavy (non-hydrogen) atoms. The van der Waals surface area contributed by atoms with Crippen LogP contribution in [0, 0.1) is 13.8 Å². The smallest absolute Gasteiger partial charge is 0.191 e. The van der Waals surface area contributed by atoms with Crippen molar-refractivity contribution in [2.75, 3.05) is 20.3 Å². The zero-order valence-electron chi connectivity index (χ0n) is 19.6. The molecule has 0 saturated carbocycles. The molecule has 0 saturated heterocycles. The van der Waals surface area contributed by atoms with E-state index in [9.17, 15) is 0 Å². The van der Waals surface area contributed by atoms with Gasteiger partial charge in [-0.25, -0.2) is 4.99 Å². The maximum atomic E-state index is 6.12. The molecule has 0 radical (unpaired) electrons. The molecule has 0 fully saturated rings. The predicted octanol–water partition coefficient (Wildman–Crippen LogP) is 3.50. The van der Waals surface area contributed by atoms with Crippen molar-refractivity contribution >= 4 is 29.9 Å². The van der Waals surface area contributed by atoms with Crippen LogP contribution in [0.15, 0.2) is 23.2 Å². The molecule has 1 aromatic carbocycles. The van der Waals surface area contributed by atoms with Crippen LogP contribution in [0.1, 0.15) is 49.5 Å². The Kier molecular flexibility index (Phi) is 12.5. The fourth-order valence-corrected chi connectivity index (χ4v) is 2.73. The average molecular weight is 544 g/mol. The molecule has 1 aromatic heterocycles. The number of nitrogens with zero attached hydrogens (tertiary/aromatic N) is 4. The summed E-state index contributed by atoms with van der Waals surface area (Å²) >= 11 is 0. The number of aryl methyl sites for hydroxylation is 2. The molecule has 2 rings (SSSR count). The van der Waals surface area contributed by atoms with Crippen molar-refractivity contribution in [3.8, 4) is 5.75 Å². The summed E-state index contributed by atoms with van der Waals surface area (Å²) in [4.78, 5) is 4.78. The van der Waals surface area contributed by atoms with Crippen molar-refractivity contribution in [1.82, 2.24) is 25.4 Å². The highest BCUT2D eigenvalue weighted by molar-refractivity contribution is 14.0. The van der Waals surface area contributed by atoms with E-state index in [-0.39, 0.29) is 30.1 Å². The Labute approximate surface area is 203 Å². The Morgan fingerprint density at radius 3 is 2.65 bits per heavy atom. The molecule has 1 heterocycles. The van der Waals surface area contributed by atoms with Crippen LogP contribution in [0.2, 0.25) is 0 Å². The maximum Gasteiger partial charge on any atom is 0.191 e. The van der Waals surface area contributed by atoms with Crippen molar-refractivity contribution in [3.05, 3.63) is 41.0 Å². The molecule has 0 spiro atoms. The number of nitrogens with one attached hydrogen (secondary N) is 2. The van der Waals surface area contributed by atoms with Gasteiger partial charge in [-0.1, -0.05) is 19.1 Å². The van der Waals surface area contributed by atoms with Gasteiger partial charge in [-0.3, -0.25) is 0 Å². The van der Waals surface area contributed by atoms with Crippen molar-refractivity contribution < 1.29 is 9.47 Å². The average Bonchev–Trinajstić information content (AvgIpc) is 3.05. The van der Waals surface area contributed by atoms with Crippen LogP contribution in [0.4, 0.5) is 0 Å². The summed E-state index contributed by atoms with van der Waals surface area (Å²) in [6, 6.07) is 6.26. The number of ether oxygens (including phenoxy) is 2. The SMILES string of the molecule is CCC(C)Oc1cc(C)ccc1CN=C(NCCCOC)NCc1nnc(C)n1C.I. The van der Waals surface area contributed by atoms with Crippen LogP contribution in [-0.4, -0.2) is 47.1 Å². The topological polar surface area (TPSA) is 85.6 Å². The summed E-state index contributed by atoms with van der Waals surface area (Å²) in [6.07, 6.45) is 2.02. The van der Waals surface area contributed by atoms with Gasteiger partial charge in [0.25, 0.3) is 0 Å². The highest BCUT2D eigenvalue weighted by Gasteiger charge is 2.10. The number of guanidine groups is 1. The van der Waals surface area contributed by atoms with Gasteiger partial charge in [0.2, 0.25) is 0 Å². The van der Waals surface area contributed by atoms with E-state index in [1.54, 1.807) is 7.11 Å². The summed E-state index contributed by atoms with van der Waals surface area (Å²) in [5, 5.41) is 15.0. The number of aliphatic imine (C=N–C) groups is 1. The first-order valence-corrected chi connectivity index (χ1v) is 10.6. The van der Waals surface area contributed by atoms with E-state index in [0.717, 1.165) is 48.3 Å². The lowest BCUT2D eigenvalue weighted by atomic mass is 10.1. The Bertz CT molecular complexity index is 824. The summed E-state index contributed by atoms with van der Waals surface area (Å²) in [7, 11) is 3.67. The molecular weight excluding hydrogens is 507 g/mol. The van der Waals surface area contributed by atoms with Gasteiger partial charge in [0.15, 0.2) is 11.8 Å². The minimum absolute atomic E-state index is 0. The van der Waals surface area contributed by atoms with Crippen molar-refractivity contribution in [1.29, 1.82) is 0 Å². The third-order valence-corrected chi connectivity index (χ3v) is 4.95. The highest BCUT2D eigenvalue weighted by Crippen LogP contribution is 2.23. The fraction of sp³-hybridized carbons (Fsp3) is 0.591. The largest absolute Gasteiger partial charge is 0.490 e. The zero-order valence-corrected chi connectivity index (χ0v) is 21.9. The first-order chi connectivity index (χ1) is 14.4. The number of benzene rings is 1. The Balaban J connectivity index is 0.00000480. The second kappa shape index (κ2) is 14.2. The monoisotopic (exact) mass is 544 g/mol. The molecule has 0 aliphatic rings. The number of rotatable bonds is 11. The number of methoxy groups -OCH3 is 1. The van der Waals surface area contributed by atoms with Gasteiger partial charge in [-0.2, -0.15) is 0 Å². The Hall–Kier alpha value is -1.88. The van der Waals surface area contributed by atoms with Crippen LogP contribution in [0.3, 0.4) is 0 Å². The quantitative estimate of drug-likeness (QED) is 0.195. The van der Waals surface area contributed by atoms with Crippen LogP contribution in [0.5, 0.6) is 5.75 Å². The molecular formula is C22H37IN6O2. The number of hydrogen-bond acceptors (Lipinski definition) is 5. The van der Waals surface area contributed by atoms with Crippen molar-refractivity contribution in [3.63, 3.8) is 0 Å². The molecule has 0 amide bonds. The van der Waals surface area contributed by atoms with E-state index in [1.165, 1.54) is 5.56 Å². The maximum absolute atomic E-state index is 6.12. The molecule has 1 atom stereocenters. The lowest BCUT2D eigenvalue weighted by Gasteiger charge is -2.17. The minimum Gasteiger partial charge on any atom is -0.490 e. The molecule has 0 bridgehead atoms. The van der Waals surface area contributed by atoms with Gasteiger partial charge in [0, 0.05) is 32.9 Å². The van der Waals surface area contributed by atoms with E-state index in [1.807, 2.05) is 18.5 Å². The van der Waals surface area contributed by atoms with Gasteiger partial charge >= 0.3 is 0 Å². The predicted molar refractivity (Wildman–Crippen MR) is 135 cm³/mol. The lowest BCUT2D eigenvalue weighted by Crippen LogP contribution is -2.38. The normalized spacial score (nSPS) is 12.3. The summed E-state index contributed by atoms with van der Waals surface area (Å²) in [5.41, 5.74) is 2.24. The number of halogens is 1. The van der Waals surface area contributed by atoms with Gasteiger partial charge in [0.1, 0.15) is 11.6 Å². The van der Waals surface area contributed by atoms with Crippen LogP contribution in [-0.2, 0) is 24.9 Å². The van der Waals surface area contributed by atoms with Crippen LogP contribution < -0.4 is 15.4 Å². The molecule has 0 aliphatic heterocycles. The highest BCUT2D eigenvalue weighted by atomic mass is 127. The van der Waals surface area contributed by atoms with E-state index >= 15 is 0 Å². The van der Waals surface area contributed by atoms with Crippen molar-refractivity contribution in [2.24, 2.45) is 12.0 Å². The third kappa shape index (κ3) is 9.02. The van der Waals surface area contributed by atoms with Crippen LogP contribution in [0.25, 0.3) is 0 Å². The van der Waals surface area contributed by atoms with Crippen LogP contribution >= 0.6 is 24.0 Å². The minimum atomic E-state index is 0. The lowest BCUT2D eigenvalue weighted by molar-refractivity contribution is 0.195. The molecule has 2 N–H and O–H groups in total. The van der Waals surface area contributed by atoms with Gasteiger partial charge in [0.05, 0.1) is 19.2 Å². The number of aromatic nitrogens is 3. The zero-order chi connectivity index (χ0) is 21.9. The Morgan fingerprint density at radius 1 is 1.23 bits per heavy atom.